The molecule has 0 aliphatic rings. The van der Waals surface area contributed by atoms with Gasteiger partial charge in [0.25, 0.3) is 0 Å². The van der Waals surface area contributed by atoms with Crippen molar-refractivity contribution in [2.45, 2.75) is 39.2 Å². The average molecular weight is 354 g/mol. The first kappa shape index (κ1) is 16.2. The summed E-state index contributed by atoms with van der Waals surface area (Å²) in [6.45, 7) is 4.11. The zero-order chi connectivity index (χ0) is 15.6. The van der Waals surface area contributed by atoms with E-state index in [1.54, 1.807) is 12.1 Å². The molecule has 1 atom stereocenters. The van der Waals surface area contributed by atoms with Crippen LogP contribution in [0.5, 0.6) is 0 Å². The Bertz CT molecular complexity index is 637. The van der Waals surface area contributed by atoms with Crippen LogP contribution < -0.4 is 5.73 Å². The minimum absolute atomic E-state index is 0.0568. The molecule has 114 valence electrons. The van der Waals surface area contributed by atoms with Crippen LogP contribution >= 0.6 is 15.9 Å². The third kappa shape index (κ3) is 3.92. The Morgan fingerprint density at radius 2 is 2.10 bits per heavy atom. The van der Waals surface area contributed by atoms with Crippen molar-refractivity contribution in [3.05, 3.63) is 51.0 Å². The van der Waals surface area contributed by atoms with Crippen LogP contribution in [0.2, 0.25) is 0 Å². The van der Waals surface area contributed by atoms with Crippen molar-refractivity contribution >= 4 is 15.9 Å². The maximum Gasteiger partial charge on any atom is 0.137 e. The van der Waals surface area contributed by atoms with Gasteiger partial charge in [-0.3, -0.25) is 4.68 Å². The molecule has 0 aliphatic heterocycles. The molecule has 0 radical (unpaired) electrons. The number of nitrogens with zero attached hydrogens (tertiary/aromatic N) is 2. The predicted molar refractivity (Wildman–Crippen MR) is 86.8 cm³/mol. The van der Waals surface area contributed by atoms with Gasteiger partial charge in [0.05, 0.1) is 10.2 Å². The summed E-state index contributed by atoms with van der Waals surface area (Å²) in [5.74, 6) is -0.242. The Labute approximate surface area is 133 Å². The van der Waals surface area contributed by atoms with Crippen LogP contribution in [-0.2, 0) is 19.9 Å². The molecule has 0 saturated carbocycles. The van der Waals surface area contributed by atoms with Crippen molar-refractivity contribution in [3.8, 4) is 0 Å². The number of nitrogens with two attached hydrogens (primary N) is 1. The maximum absolute atomic E-state index is 13.2. The van der Waals surface area contributed by atoms with Crippen LogP contribution in [0.1, 0.15) is 28.9 Å². The molecule has 0 saturated heterocycles. The largest absolute Gasteiger partial charge is 0.327 e. The van der Waals surface area contributed by atoms with Gasteiger partial charge in [-0.25, -0.2) is 4.39 Å². The van der Waals surface area contributed by atoms with Crippen molar-refractivity contribution < 1.29 is 4.39 Å². The lowest BCUT2D eigenvalue weighted by molar-refractivity contribution is 0.601. The normalized spacial score (nSPS) is 12.7. The third-order valence-corrected chi connectivity index (χ3v) is 4.51. The Morgan fingerprint density at radius 1 is 1.38 bits per heavy atom. The lowest BCUT2D eigenvalue weighted by Crippen LogP contribution is -2.23. The van der Waals surface area contributed by atoms with Crippen LogP contribution in [0.4, 0.5) is 4.39 Å². The van der Waals surface area contributed by atoms with Gasteiger partial charge in [-0.15, -0.1) is 0 Å². The fraction of sp³-hybridized carbons (Fsp3) is 0.438. The van der Waals surface area contributed by atoms with E-state index in [4.69, 9.17) is 5.73 Å². The fourth-order valence-electron chi connectivity index (χ4n) is 2.58. The molecule has 0 aliphatic carbocycles. The molecule has 1 heterocycles. The summed E-state index contributed by atoms with van der Waals surface area (Å²) in [6, 6.07) is 5.12. The molecule has 3 nitrogen and oxygen atoms in total. The lowest BCUT2D eigenvalue weighted by Gasteiger charge is -2.12. The first-order valence-electron chi connectivity index (χ1n) is 7.07. The van der Waals surface area contributed by atoms with Crippen LogP contribution in [0.25, 0.3) is 0 Å². The molecule has 1 aromatic heterocycles. The summed E-state index contributed by atoms with van der Waals surface area (Å²) in [5.41, 5.74) is 10.8. The number of aromatic nitrogens is 2. The smallest absolute Gasteiger partial charge is 0.137 e. The van der Waals surface area contributed by atoms with Crippen molar-refractivity contribution in [3.63, 3.8) is 0 Å². The molecule has 21 heavy (non-hydrogen) atoms. The second-order valence-corrected chi connectivity index (χ2v) is 6.38. The van der Waals surface area contributed by atoms with E-state index in [9.17, 15) is 4.39 Å². The first-order valence-corrected chi connectivity index (χ1v) is 7.86. The Hall–Kier alpha value is -1.20. The second-order valence-electron chi connectivity index (χ2n) is 5.52. The van der Waals surface area contributed by atoms with E-state index in [-0.39, 0.29) is 11.9 Å². The SMILES string of the molecule is Cc1nn(C)c(C)c1CCC(N)Cc1ccc(F)c(Br)c1. The molecule has 1 unspecified atom stereocenters. The lowest BCUT2D eigenvalue weighted by atomic mass is 9.99. The van der Waals surface area contributed by atoms with Crippen molar-refractivity contribution in [1.29, 1.82) is 0 Å². The number of halogens is 2. The number of hydrogen-bond acceptors (Lipinski definition) is 2. The minimum atomic E-state index is -0.242. The zero-order valence-electron chi connectivity index (χ0n) is 12.7. The molecule has 1 aromatic carbocycles. The van der Waals surface area contributed by atoms with E-state index in [1.807, 2.05) is 18.7 Å². The van der Waals surface area contributed by atoms with Crippen LogP contribution in [0.3, 0.4) is 0 Å². The molecule has 0 fully saturated rings. The highest BCUT2D eigenvalue weighted by Crippen LogP contribution is 2.19. The fourth-order valence-corrected chi connectivity index (χ4v) is 3.01. The predicted octanol–water partition coefficient (Wildman–Crippen LogP) is 3.44. The first-order chi connectivity index (χ1) is 9.88. The summed E-state index contributed by atoms with van der Waals surface area (Å²) in [4.78, 5) is 0. The summed E-state index contributed by atoms with van der Waals surface area (Å²) in [6.07, 6.45) is 2.56. The van der Waals surface area contributed by atoms with E-state index in [1.165, 1.54) is 17.3 Å². The Kier molecular flexibility index (Phi) is 5.17. The van der Waals surface area contributed by atoms with Crippen LogP contribution in [0, 0.1) is 19.7 Å². The van der Waals surface area contributed by atoms with Crippen molar-refractivity contribution in [2.24, 2.45) is 12.8 Å². The Morgan fingerprint density at radius 3 is 2.67 bits per heavy atom. The van der Waals surface area contributed by atoms with Gasteiger partial charge >= 0.3 is 0 Å². The minimum Gasteiger partial charge on any atom is -0.327 e. The van der Waals surface area contributed by atoms with Gasteiger partial charge in [0.1, 0.15) is 5.82 Å². The van der Waals surface area contributed by atoms with Gasteiger partial charge in [-0.05, 0) is 72.3 Å². The highest BCUT2D eigenvalue weighted by Gasteiger charge is 2.12. The molecule has 0 bridgehead atoms. The van der Waals surface area contributed by atoms with Crippen molar-refractivity contribution in [1.82, 2.24) is 9.78 Å². The average Bonchev–Trinajstić information content (AvgIpc) is 2.66. The number of benzene rings is 1. The maximum atomic E-state index is 13.2. The van der Waals surface area contributed by atoms with Gasteiger partial charge in [0.15, 0.2) is 0 Å². The molecule has 0 amide bonds. The highest BCUT2D eigenvalue weighted by molar-refractivity contribution is 9.10. The standard InChI is InChI=1S/C16H21BrFN3/c1-10-14(11(2)21(3)20-10)6-5-13(19)8-12-4-7-16(18)15(17)9-12/h4,7,9,13H,5-6,8,19H2,1-3H3. The molecular formula is C16H21BrFN3. The van der Waals surface area contributed by atoms with E-state index in [2.05, 4.69) is 28.0 Å². The van der Waals surface area contributed by atoms with Crippen LogP contribution in [0.15, 0.2) is 22.7 Å². The molecule has 2 N–H and O–H groups in total. The third-order valence-electron chi connectivity index (χ3n) is 3.91. The summed E-state index contributed by atoms with van der Waals surface area (Å²) < 4.78 is 15.6. The number of rotatable bonds is 5. The molecule has 2 aromatic rings. The topological polar surface area (TPSA) is 43.8 Å². The summed E-state index contributed by atoms with van der Waals surface area (Å²) in [5, 5.41) is 4.42. The monoisotopic (exact) mass is 353 g/mol. The van der Waals surface area contributed by atoms with E-state index in [0.29, 0.717) is 4.47 Å². The Balaban J connectivity index is 1.95. The van der Waals surface area contributed by atoms with Crippen molar-refractivity contribution in [2.75, 3.05) is 0 Å². The van der Waals surface area contributed by atoms with Gasteiger partial charge in [0.2, 0.25) is 0 Å². The van der Waals surface area contributed by atoms with Gasteiger partial charge in [0, 0.05) is 18.8 Å². The molecule has 2 rings (SSSR count). The highest BCUT2D eigenvalue weighted by atomic mass is 79.9. The van der Waals surface area contributed by atoms with E-state index >= 15 is 0 Å². The quantitative estimate of drug-likeness (QED) is 0.894. The van der Waals surface area contributed by atoms with Gasteiger partial charge in [-0.1, -0.05) is 6.07 Å². The van der Waals surface area contributed by atoms with Crippen LogP contribution in [-0.4, -0.2) is 15.8 Å². The summed E-state index contributed by atoms with van der Waals surface area (Å²) in [7, 11) is 1.96. The van der Waals surface area contributed by atoms with Gasteiger partial charge < -0.3 is 5.73 Å². The zero-order valence-corrected chi connectivity index (χ0v) is 14.2. The van der Waals surface area contributed by atoms with Gasteiger partial charge in [-0.2, -0.15) is 5.10 Å². The second kappa shape index (κ2) is 6.71. The number of aryl methyl sites for hydroxylation is 2. The molecule has 0 spiro atoms. The molecule has 5 heteroatoms. The van der Waals surface area contributed by atoms with E-state index < -0.39 is 0 Å². The summed E-state index contributed by atoms with van der Waals surface area (Å²) >= 11 is 3.21. The number of hydrogen-bond donors (Lipinski definition) is 1. The molecular weight excluding hydrogens is 333 g/mol. The van der Waals surface area contributed by atoms with E-state index in [0.717, 1.165) is 30.5 Å².